The number of aromatic hydroxyl groups is 1. The number of carbonyl (C=O) groups is 1. The Kier molecular flexibility index (Phi) is 2.11. The van der Waals surface area contributed by atoms with Crippen molar-refractivity contribution < 1.29 is 9.90 Å². The van der Waals surface area contributed by atoms with Crippen LogP contribution in [0.4, 0.5) is 0 Å². The third-order valence-electron chi connectivity index (χ3n) is 2.34. The van der Waals surface area contributed by atoms with Crippen LogP contribution in [0.25, 0.3) is 10.9 Å². The van der Waals surface area contributed by atoms with Crippen LogP contribution in [0.15, 0.2) is 18.5 Å². The maximum absolute atomic E-state index is 11.3. The molecule has 0 aliphatic heterocycles. The Morgan fingerprint density at radius 3 is 2.73 bits per heavy atom. The van der Waals surface area contributed by atoms with Crippen molar-refractivity contribution in [1.29, 1.82) is 0 Å². The fourth-order valence-corrected chi connectivity index (χ4v) is 1.57. The third kappa shape index (κ3) is 1.54. The van der Waals surface area contributed by atoms with Gasteiger partial charge in [-0.05, 0) is 31.5 Å². The topological polar surface area (TPSA) is 63.1 Å². The molecule has 0 amide bonds. The van der Waals surface area contributed by atoms with Gasteiger partial charge >= 0.3 is 0 Å². The maximum Gasteiger partial charge on any atom is 0.221 e. The van der Waals surface area contributed by atoms with Crippen LogP contribution in [0.2, 0.25) is 0 Å². The molecule has 0 radical (unpaired) electrons. The highest BCUT2D eigenvalue weighted by molar-refractivity contribution is 6.00. The molecule has 15 heavy (non-hydrogen) atoms. The Morgan fingerprint density at radius 1 is 1.33 bits per heavy atom. The van der Waals surface area contributed by atoms with E-state index < -0.39 is 0 Å². The minimum atomic E-state index is -0.0949. The van der Waals surface area contributed by atoms with Crippen LogP contribution in [0, 0.1) is 6.92 Å². The van der Waals surface area contributed by atoms with Gasteiger partial charge < -0.3 is 5.11 Å². The van der Waals surface area contributed by atoms with E-state index in [1.54, 1.807) is 12.1 Å². The second kappa shape index (κ2) is 3.31. The van der Waals surface area contributed by atoms with Gasteiger partial charge in [0.15, 0.2) is 5.78 Å². The molecule has 1 aromatic carbocycles. The smallest absolute Gasteiger partial charge is 0.221 e. The Bertz CT molecular complexity index is 550. The summed E-state index contributed by atoms with van der Waals surface area (Å²) in [4.78, 5) is 19.0. The van der Waals surface area contributed by atoms with Crippen LogP contribution >= 0.6 is 0 Å². The molecule has 1 N–H and O–H groups in total. The van der Waals surface area contributed by atoms with E-state index in [4.69, 9.17) is 0 Å². The first kappa shape index (κ1) is 9.58. The van der Waals surface area contributed by atoms with Gasteiger partial charge in [0.1, 0.15) is 6.33 Å². The van der Waals surface area contributed by atoms with Crippen molar-refractivity contribution in [2.45, 2.75) is 13.8 Å². The molecule has 0 saturated heterocycles. The summed E-state index contributed by atoms with van der Waals surface area (Å²) >= 11 is 0. The van der Waals surface area contributed by atoms with Gasteiger partial charge in [-0.25, -0.2) is 9.97 Å². The summed E-state index contributed by atoms with van der Waals surface area (Å²) in [6, 6.07) is 3.40. The summed E-state index contributed by atoms with van der Waals surface area (Å²) in [6.45, 7) is 3.34. The molecule has 2 rings (SSSR count). The highest BCUT2D eigenvalue weighted by Crippen LogP contribution is 2.23. The highest BCUT2D eigenvalue weighted by atomic mass is 16.3. The Labute approximate surface area is 86.6 Å². The molecule has 0 bridgehead atoms. The lowest BCUT2D eigenvalue weighted by Gasteiger charge is -2.04. The summed E-state index contributed by atoms with van der Waals surface area (Å²) in [6.07, 6.45) is 1.30. The summed E-state index contributed by atoms with van der Waals surface area (Å²) in [7, 11) is 0. The maximum atomic E-state index is 11.3. The molecular formula is C11H10N2O2. The van der Waals surface area contributed by atoms with Crippen molar-refractivity contribution in [3.63, 3.8) is 0 Å². The Hall–Kier alpha value is -1.97. The summed E-state index contributed by atoms with van der Waals surface area (Å²) < 4.78 is 0. The fourth-order valence-electron chi connectivity index (χ4n) is 1.57. The zero-order chi connectivity index (χ0) is 11.0. The second-order valence-electron chi connectivity index (χ2n) is 3.44. The molecule has 76 valence electrons. The van der Waals surface area contributed by atoms with Gasteiger partial charge in [-0.15, -0.1) is 0 Å². The first-order chi connectivity index (χ1) is 7.09. The molecule has 0 fully saturated rings. The molecule has 0 aliphatic rings. The van der Waals surface area contributed by atoms with E-state index in [1.165, 1.54) is 13.3 Å². The largest absolute Gasteiger partial charge is 0.493 e. The summed E-state index contributed by atoms with van der Waals surface area (Å²) in [5.41, 5.74) is 2.09. The van der Waals surface area contributed by atoms with Crippen molar-refractivity contribution >= 4 is 16.7 Å². The monoisotopic (exact) mass is 202 g/mol. The van der Waals surface area contributed by atoms with E-state index in [0.29, 0.717) is 16.5 Å². The predicted molar refractivity (Wildman–Crippen MR) is 55.9 cm³/mol. The zero-order valence-electron chi connectivity index (χ0n) is 8.48. The minimum absolute atomic E-state index is 0.0300. The standard InChI is InChI=1S/C11H10N2O2/c1-6-3-10-9(4-8(6)7(2)14)11(15)13-5-12-10/h3-5H,1-2H3,(H,12,13,15). The van der Waals surface area contributed by atoms with Gasteiger partial charge in [0.2, 0.25) is 5.88 Å². The van der Waals surface area contributed by atoms with Gasteiger partial charge in [-0.2, -0.15) is 0 Å². The molecule has 0 unspecified atom stereocenters. The number of ketones is 1. The van der Waals surface area contributed by atoms with Crippen LogP contribution in [-0.4, -0.2) is 20.9 Å². The number of aryl methyl sites for hydroxylation is 1. The van der Waals surface area contributed by atoms with Crippen LogP contribution in [0.1, 0.15) is 22.8 Å². The Morgan fingerprint density at radius 2 is 2.07 bits per heavy atom. The van der Waals surface area contributed by atoms with Crippen molar-refractivity contribution in [3.8, 4) is 5.88 Å². The number of carbonyl (C=O) groups excluding carboxylic acids is 1. The normalized spacial score (nSPS) is 10.5. The fraction of sp³-hybridized carbons (Fsp3) is 0.182. The molecule has 1 aromatic heterocycles. The molecular weight excluding hydrogens is 192 g/mol. The third-order valence-corrected chi connectivity index (χ3v) is 2.34. The molecule has 0 spiro atoms. The summed E-state index contributed by atoms with van der Waals surface area (Å²) in [5, 5.41) is 10.0. The molecule has 0 saturated carbocycles. The van der Waals surface area contributed by atoms with E-state index in [2.05, 4.69) is 9.97 Å². The molecule has 4 nitrogen and oxygen atoms in total. The van der Waals surface area contributed by atoms with Crippen molar-refractivity contribution in [2.75, 3.05) is 0 Å². The molecule has 0 aliphatic carbocycles. The summed E-state index contributed by atoms with van der Waals surface area (Å²) in [5.74, 6) is -0.125. The number of hydrogen-bond donors (Lipinski definition) is 1. The van der Waals surface area contributed by atoms with E-state index in [1.807, 2.05) is 6.92 Å². The minimum Gasteiger partial charge on any atom is -0.493 e. The van der Waals surface area contributed by atoms with E-state index in [0.717, 1.165) is 5.56 Å². The van der Waals surface area contributed by atoms with Crippen molar-refractivity contribution in [1.82, 2.24) is 9.97 Å². The van der Waals surface area contributed by atoms with Gasteiger partial charge in [-0.1, -0.05) is 0 Å². The molecule has 1 heterocycles. The second-order valence-corrected chi connectivity index (χ2v) is 3.44. The van der Waals surface area contributed by atoms with E-state index in [-0.39, 0.29) is 11.7 Å². The van der Waals surface area contributed by atoms with Crippen LogP contribution in [0.3, 0.4) is 0 Å². The predicted octanol–water partition coefficient (Wildman–Crippen LogP) is 1.85. The lowest BCUT2D eigenvalue weighted by Crippen LogP contribution is -1.97. The number of aromatic nitrogens is 2. The Balaban J connectivity index is 2.83. The van der Waals surface area contributed by atoms with E-state index >= 15 is 0 Å². The number of benzene rings is 1. The number of hydrogen-bond acceptors (Lipinski definition) is 4. The number of Topliss-reactive ketones (excluding diaryl/α,β-unsaturated/α-hetero) is 1. The number of nitrogens with zero attached hydrogens (tertiary/aromatic N) is 2. The average molecular weight is 202 g/mol. The quantitative estimate of drug-likeness (QED) is 0.717. The number of fused-ring (bicyclic) bond motifs is 1. The lowest BCUT2D eigenvalue weighted by molar-refractivity contribution is 0.101. The average Bonchev–Trinajstić information content (AvgIpc) is 2.16. The molecule has 0 atom stereocenters. The first-order valence-corrected chi connectivity index (χ1v) is 4.55. The molecule has 2 aromatic rings. The van der Waals surface area contributed by atoms with Crippen molar-refractivity contribution in [3.05, 3.63) is 29.6 Å². The van der Waals surface area contributed by atoms with Crippen LogP contribution < -0.4 is 0 Å². The van der Waals surface area contributed by atoms with Crippen LogP contribution in [0.5, 0.6) is 5.88 Å². The first-order valence-electron chi connectivity index (χ1n) is 4.55. The number of rotatable bonds is 1. The van der Waals surface area contributed by atoms with Gasteiger partial charge in [0.05, 0.1) is 10.9 Å². The van der Waals surface area contributed by atoms with Gasteiger partial charge in [-0.3, -0.25) is 4.79 Å². The van der Waals surface area contributed by atoms with Gasteiger partial charge in [0, 0.05) is 5.56 Å². The van der Waals surface area contributed by atoms with Crippen molar-refractivity contribution in [2.24, 2.45) is 0 Å². The van der Waals surface area contributed by atoms with Gasteiger partial charge in [0.25, 0.3) is 0 Å². The molecule has 4 heteroatoms. The van der Waals surface area contributed by atoms with E-state index in [9.17, 15) is 9.90 Å². The SMILES string of the molecule is CC(=O)c1cc2c(O)ncnc2cc1C. The van der Waals surface area contributed by atoms with Crippen LogP contribution in [-0.2, 0) is 0 Å². The lowest BCUT2D eigenvalue weighted by atomic mass is 10.0. The highest BCUT2D eigenvalue weighted by Gasteiger charge is 2.09. The zero-order valence-corrected chi connectivity index (χ0v) is 8.48.